The fourth-order valence-corrected chi connectivity index (χ4v) is 1.82. The van der Waals surface area contributed by atoms with Gasteiger partial charge >= 0.3 is 0 Å². The van der Waals surface area contributed by atoms with Crippen LogP contribution in [0.3, 0.4) is 0 Å². The first-order valence-corrected chi connectivity index (χ1v) is 5.70. The van der Waals surface area contributed by atoms with Crippen LogP contribution in [0.4, 0.5) is 10.1 Å². The molecule has 1 N–H and O–H groups in total. The minimum absolute atomic E-state index is 0.227. The van der Waals surface area contributed by atoms with Gasteiger partial charge in [-0.05, 0) is 18.6 Å². The number of hydrogen-bond acceptors (Lipinski definition) is 2. The molecule has 1 aromatic carbocycles. The second kappa shape index (κ2) is 4.99. The van der Waals surface area contributed by atoms with E-state index < -0.39 is 0 Å². The number of aromatic nitrogens is 2. The van der Waals surface area contributed by atoms with Crippen LogP contribution in [0.2, 0.25) is 0 Å². The Morgan fingerprint density at radius 3 is 2.82 bits per heavy atom. The molecule has 4 heteroatoms. The van der Waals surface area contributed by atoms with Crippen molar-refractivity contribution in [3.63, 3.8) is 0 Å². The predicted octanol–water partition coefficient (Wildman–Crippen LogP) is 2.73. The Morgan fingerprint density at radius 2 is 2.12 bits per heavy atom. The molecule has 0 aliphatic rings. The van der Waals surface area contributed by atoms with Gasteiger partial charge in [-0.25, -0.2) is 4.39 Å². The highest BCUT2D eigenvalue weighted by molar-refractivity contribution is 5.45. The first-order chi connectivity index (χ1) is 8.20. The minimum Gasteiger partial charge on any atom is -0.378 e. The largest absolute Gasteiger partial charge is 0.378 e. The molecule has 0 unspecified atom stereocenters. The standard InChI is InChI=1S/C13H16FN3/c1-3-12-10(9-17(2)16-12)8-15-13-7-5-4-6-11(13)14/h4-7,9,15H,3,8H2,1-2H3. The van der Waals surface area contributed by atoms with Crippen molar-refractivity contribution in [1.82, 2.24) is 9.78 Å². The molecule has 1 aromatic heterocycles. The van der Waals surface area contributed by atoms with Gasteiger partial charge in [-0.1, -0.05) is 19.1 Å². The van der Waals surface area contributed by atoms with Gasteiger partial charge in [0.2, 0.25) is 0 Å². The smallest absolute Gasteiger partial charge is 0.146 e. The molecule has 2 rings (SSSR count). The maximum atomic E-state index is 13.4. The molecule has 0 saturated heterocycles. The molecule has 0 spiro atoms. The maximum absolute atomic E-state index is 13.4. The third kappa shape index (κ3) is 2.64. The summed E-state index contributed by atoms with van der Waals surface area (Å²) in [5.74, 6) is -0.227. The van der Waals surface area contributed by atoms with Gasteiger partial charge in [0, 0.05) is 25.4 Å². The molecule has 2 aromatic rings. The predicted molar refractivity (Wildman–Crippen MR) is 66.3 cm³/mol. The van der Waals surface area contributed by atoms with E-state index in [0.717, 1.165) is 17.7 Å². The summed E-state index contributed by atoms with van der Waals surface area (Å²) >= 11 is 0. The van der Waals surface area contributed by atoms with Crippen molar-refractivity contribution in [3.05, 3.63) is 47.5 Å². The van der Waals surface area contributed by atoms with Crippen molar-refractivity contribution >= 4 is 5.69 Å². The quantitative estimate of drug-likeness (QED) is 0.880. The topological polar surface area (TPSA) is 29.9 Å². The Hall–Kier alpha value is -1.84. The molecule has 0 radical (unpaired) electrons. The summed E-state index contributed by atoms with van der Waals surface area (Å²) < 4.78 is 15.2. The van der Waals surface area contributed by atoms with Gasteiger partial charge in [0.05, 0.1) is 11.4 Å². The van der Waals surface area contributed by atoms with Gasteiger partial charge < -0.3 is 5.32 Å². The molecule has 0 atom stereocenters. The van der Waals surface area contributed by atoms with Crippen LogP contribution in [0.1, 0.15) is 18.2 Å². The van der Waals surface area contributed by atoms with Gasteiger partial charge in [-0.2, -0.15) is 5.10 Å². The van der Waals surface area contributed by atoms with Crippen LogP contribution in [0.5, 0.6) is 0 Å². The molecule has 17 heavy (non-hydrogen) atoms. The molecule has 0 aliphatic carbocycles. The number of nitrogens with one attached hydrogen (secondary N) is 1. The summed E-state index contributed by atoms with van der Waals surface area (Å²) in [6.07, 6.45) is 2.85. The normalized spacial score (nSPS) is 10.5. The number of benzene rings is 1. The lowest BCUT2D eigenvalue weighted by molar-refractivity contribution is 0.630. The summed E-state index contributed by atoms with van der Waals surface area (Å²) in [6.45, 7) is 2.66. The van der Waals surface area contributed by atoms with Crippen LogP contribution < -0.4 is 5.32 Å². The van der Waals surface area contributed by atoms with E-state index in [1.54, 1.807) is 16.8 Å². The summed E-state index contributed by atoms with van der Waals surface area (Å²) in [6, 6.07) is 6.68. The zero-order valence-electron chi connectivity index (χ0n) is 10.1. The van der Waals surface area contributed by atoms with E-state index in [9.17, 15) is 4.39 Å². The van der Waals surface area contributed by atoms with E-state index in [4.69, 9.17) is 0 Å². The highest BCUT2D eigenvalue weighted by Crippen LogP contribution is 2.15. The second-order valence-corrected chi connectivity index (χ2v) is 3.96. The molecule has 90 valence electrons. The zero-order valence-corrected chi connectivity index (χ0v) is 10.1. The lowest BCUT2D eigenvalue weighted by Gasteiger charge is -2.06. The van der Waals surface area contributed by atoms with Crippen LogP contribution in [0.15, 0.2) is 30.5 Å². The Bertz CT molecular complexity index is 505. The summed E-state index contributed by atoms with van der Waals surface area (Å²) in [5.41, 5.74) is 2.69. The monoisotopic (exact) mass is 233 g/mol. The van der Waals surface area contributed by atoms with E-state index in [2.05, 4.69) is 17.3 Å². The SMILES string of the molecule is CCc1nn(C)cc1CNc1ccccc1F. The zero-order chi connectivity index (χ0) is 12.3. The van der Waals surface area contributed by atoms with E-state index in [1.165, 1.54) is 6.07 Å². The Morgan fingerprint density at radius 1 is 1.35 bits per heavy atom. The van der Waals surface area contributed by atoms with Gasteiger partial charge in [0.15, 0.2) is 0 Å². The van der Waals surface area contributed by atoms with E-state index >= 15 is 0 Å². The number of halogens is 1. The fraction of sp³-hybridized carbons (Fsp3) is 0.308. The summed E-state index contributed by atoms with van der Waals surface area (Å²) in [7, 11) is 1.89. The number of nitrogens with zero attached hydrogens (tertiary/aromatic N) is 2. The van der Waals surface area contributed by atoms with Crippen LogP contribution in [-0.2, 0) is 20.0 Å². The Kier molecular flexibility index (Phi) is 3.42. The van der Waals surface area contributed by atoms with E-state index in [0.29, 0.717) is 12.2 Å². The van der Waals surface area contributed by atoms with Crippen LogP contribution in [0, 0.1) is 5.82 Å². The third-order valence-electron chi connectivity index (χ3n) is 2.67. The molecule has 0 amide bonds. The molecule has 3 nitrogen and oxygen atoms in total. The first kappa shape index (κ1) is 11.6. The van der Waals surface area contributed by atoms with Gasteiger partial charge in [0.25, 0.3) is 0 Å². The van der Waals surface area contributed by atoms with Gasteiger partial charge in [0.1, 0.15) is 5.82 Å². The molecule has 0 aliphatic heterocycles. The molecule has 0 bridgehead atoms. The molecular weight excluding hydrogens is 217 g/mol. The van der Waals surface area contributed by atoms with Crippen molar-refractivity contribution in [1.29, 1.82) is 0 Å². The van der Waals surface area contributed by atoms with Crippen molar-refractivity contribution in [2.75, 3.05) is 5.32 Å². The lowest BCUT2D eigenvalue weighted by Crippen LogP contribution is -2.02. The van der Waals surface area contributed by atoms with Crippen molar-refractivity contribution in [2.45, 2.75) is 19.9 Å². The number of rotatable bonds is 4. The van der Waals surface area contributed by atoms with Crippen molar-refractivity contribution in [2.24, 2.45) is 7.05 Å². The number of para-hydroxylation sites is 1. The second-order valence-electron chi connectivity index (χ2n) is 3.96. The number of anilines is 1. The van der Waals surface area contributed by atoms with Crippen LogP contribution in [-0.4, -0.2) is 9.78 Å². The number of hydrogen-bond donors (Lipinski definition) is 1. The maximum Gasteiger partial charge on any atom is 0.146 e. The van der Waals surface area contributed by atoms with Crippen LogP contribution >= 0.6 is 0 Å². The Labute approximate surface area is 100 Å². The highest BCUT2D eigenvalue weighted by atomic mass is 19.1. The Balaban J connectivity index is 2.09. The molecule has 1 heterocycles. The summed E-state index contributed by atoms with van der Waals surface area (Å²) in [4.78, 5) is 0. The van der Waals surface area contributed by atoms with E-state index in [1.807, 2.05) is 19.3 Å². The molecule has 0 saturated carbocycles. The lowest BCUT2D eigenvalue weighted by atomic mass is 10.2. The van der Waals surface area contributed by atoms with Crippen molar-refractivity contribution < 1.29 is 4.39 Å². The van der Waals surface area contributed by atoms with Crippen molar-refractivity contribution in [3.8, 4) is 0 Å². The first-order valence-electron chi connectivity index (χ1n) is 5.70. The average molecular weight is 233 g/mol. The fourth-order valence-electron chi connectivity index (χ4n) is 1.82. The molecule has 0 fully saturated rings. The summed E-state index contributed by atoms with van der Waals surface area (Å²) in [5, 5.41) is 7.44. The molecular formula is C13H16FN3. The minimum atomic E-state index is -0.227. The highest BCUT2D eigenvalue weighted by Gasteiger charge is 2.06. The average Bonchev–Trinajstić information content (AvgIpc) is 2.69. The number of aryl methyl sites for hydroxylation is 2. The van der Waals surface area contributed by atoms with Crippen LogP contribution in [0.25, 0.3) is 0 Å². The third-order valence-corrected chi connectivity index (χ3v) is 2.67. The van der Waals surface area contributed by atoms with E-state index in [-0.39, 0.29) is 5.82 Å². The van der Waals surface area contributed by atoms with Gasteiger partial charge in [-0.15, -0.1) is 0 Å². The van der Waals surface area contributed by atoms with Gasteiger partial charge in [-0.3, -0.25) is 4.68 Å².